The Hall–Kier alpha value is -1.54. The van der Waals surface area contributed by atoms with Gasteiger partial charge in [-0.2, -0.15) is 5.26 Å². The molecule has 0 amide bonds. The number of hydrogen-bond donors (Lipinski definition) is 0. The third-order valence-electron chi connectivity index (χ3n) is 2.47. The fraction of sp³-hybridized carbons (Fsp3) is 0.417. The lowest BCUT2D eigenvalue weighted by atomic mass is 10.2. The summed E-state index contributed by atoms with van der Waals surface area (Å²) in [5, 5.41) is 8.79. The smallest absolute Gasteiger partial charge is 0.239 e. The molecule has 0 fully saturated rings. The number of benzene rings is 1. The number of sulfonamides is 1. The van der Waals surface area contributed by atoms with Crippen molar-refractivity contribution in [2.75, 3.05) is 11.4 Å². The fourth-order valence-electron chi connectivity index (χ4n) is 1.32. The number of rotatable bonds is 2. The van der Waals surface area contributed by atoms with E-state index in [0.29, 0.717) is 11.3 Å². The summed E-state index contributed by atoms with van der Waals surface area (Å²) >= 11 is 0. The van der Waals surface area contributed by atoms with Crippen molar-refractivity contribution in [1.82, 2.24) is 0 Å². The second-order valence-electron chi connectivity index (χ2n) is 4.75. The molecule has 5 heteroatoms. The van der Waals surface area contributed by atoms with Crippen molar-refractivity contribution in [3.8, 4) is 6.07 Å². The van der Waals surface area contributed by atoms with Gasteiger partial charge in [0.2, 0.25) is 10.0 Å². The summed E-state index contributed by atoms with van der Waals surface area (Å²) in [6.07, 6.45) is 0. The molecule has 0 N–H and O–H groups in total. The summed E-state index contributed by atoms with van der Waals surface area (Å²) in [4.78, 5) is 0. The lowest BCUT2D eigenvalue weighted by Crippen LogP contribution is -2.40. The van der Waals surface area contributed by atoms with E-state index in [0.717, 1.165) is 0 Å². The molecular weight excluding hydrogens is 236 g/mol. The van der Waals surface area contributed by atoms with E-state index >= 15 is 0 Å². The number of nitriles is 1. The summed E-state index contributed by atoms with van der Waals surface area (Å²) in [6.45, 7) is 4.94. The summed E-state index contributed by atoms with van der Waals surface area (Å²) in [7, 11) is -1.93. The van der Waals surface area contributed by atoms with Crippen LogP contribution in [-0.2, 0) is 10.0 Å². The standard InChI is InChI=1S/C12H16N2O2S/c1-12(2,3)17(15,16)14(4)11-7-5-6-10(8-11)9-13/h5-8H,1-4H3. The van der Waals surface area contributed by atoms with Gasteiger partial charge in [0.1, 0.15) is 0 Å². The van der Waals surface area contributed by atoms with Gasteiger partial charge in [0.25, 0.3) is 0 Å². The molecule has 0 heterocycles. The zero-order valence-corrected chi connectivity index (χ0v) is 11.2. The van der Waals surface area contributed by atoms with Gasteiger partial charge >= 0.3 is 0 Å². The van der Waals surface area contributed by atoms with E-state index in [1.54, 1.807) is 45.0 Å². The van der Waals surface area contributed by atoms with Crippen LogP contribution in [0, 0.1) is 11.3 Å². The minimum absolute atomic E-state index is 0.443. The molecule has 0 saturated carbocycles. The van der Waals surface area contributed by atoms with E-state index in [-0.39, 0.29) is 0 Å². The Morgan fingerprint density at radius 3 is 2.35 bits per heavy atom. The Balaban J connectivity index is 3.23. The minimum Gasteiger partial charge on any atom is -0.273 e. The van der Waals surface area contributed by atoms with Crippen molar-refractivity contribution in [3.63, 3.8) is 0 Å². The highest BCUT2D eigenvalue weighted by atomic mass is 32.2. The normalized spacial score (nSPS) is 11.9. The van der Waals surface area contributed by atoms with Crippen LogP contribution in [0.25, 0.3) is 0 Å². The molecule has 1 rings (SSSR count). The predicted molar refractivity (Wildman–Crippen MR) is 68.2 cm³/mol. The van der Waals surface area contributed by atoms with Crippen LogP contribution in [0.2, 0.25) is 0 Å². The van der Waals surface area contributed by atoms with Crippen molar-refractivity contribution in [1.29, 1.82) is 5.26 Å². The summed E-state index contributed by atoms with van der Waals surface area (Å²) < 4.78 is 24.7. The van der Waals surface area contributed by atoms with Crippen molar-refractivity contribution < 1.29 is 8.42 Å². The van der Waals surface area contributed by atoms with Gasteiger partial charge in [-0.3, -0.25) is 4.31 Å². The molecule has 92 valence electrons. The van der Waals surface area contributed by atoms with Gasteiger partial charge in [0.15, 0.2) is 0 Å². The summed E-state index contributed by atoms with van der Waals surface area (Å²) in [5.41, 5.74) is 0.942. The Kier molecular flexibility index (Phi) is 3.48. The van der Waals surface area contributed by atoms with Gasteiger partial charge in [-0.15, -0.1) is 0 Å². The molecule has 0 radical (unpaired) electrons. The first kappa shape index (κ1) is 13.5. The number of nitrogens with zero attached hydrogens (tertiary/aromatic N) is 2. The third-order valence-corrected chi connectivity index (χ3v) is 4.95. The molecule has 0 aliphatic heterocycles. The van der Waals surface area contributed by atoms with E-state index in [1.807, 2.05) is 6.07 Å². The molecule has 0 bridgehead atoms. The Morgan fingerprint density at radius 1 is 1.29 bits per heavy atom. The van der Waals surface area contributed by atoms with E-state index in [2.05, 4.69) is 0 Å². The first-order valence-electron chi connectivity index (χ1n) is 5.19. The summed E-state index contributed by atoms with van der Waals surface area (Å²) in [6, 6.07) is 8.53. The van der Waals surface area contributed by atoms with Crippen LogP contribution in [0.4, 0.5) is 5.69 Å². The van der Waals surface area contributed by atoms with Crippen molar-refractivity contribution in [2.45, 2.75) is 25.5 Å². The second-order valence-corrected chi connectivity index (χ2v) is 7.47. The topological polar surface area (TPSA) is 61.2 Å². The van der Waals surface area contributed by atoms with E-state index in [9.17, 15) is 8.42 Å². The van der Waals surface area contributed by atoms with Crippen LogP contribution in [0.3, 0.4) is 0 Å². The monoisotopic (exact) mass is 252 g/mol. The van der Waals surface area contributed by atoms with Gasteiger partial charge < -0.3 is 0 Å². The molecule has 0 aromatic heterocycles. The molecule has 0 unspecified atom stereocenters. The maximum absolute atomic E-state index is 12.2. The molecule has 0 spiro atoms. The zero-order chi connectivity index (χ0) is 13.3. The molecule has 17 heavy (non-hydrogen) atoms. The van der Waals surface area contributed by atoms with Gasteiger partial charge in [-0.25, -0.2) is 8.42 Å². The van der Waals surface area contributed by atoms with Crippen LogP contribution in [0.15, 0.2) is 24.3 Å². The van der Waals surface area contributed by atoms with Crippen molar-refractivity contribution in [2.24, 2.45) is 0 Å². The highest BCUT2D eigenvalue weighted by Crippen LogP contribution is 2.25. The van der Waals surface area contributed by atoms with E-state index in [1.165, 1.54) is 11.4 Å². The Bertz CT molecular complexity index is 551. The van der Waals surface area contributed by atoms with Crippen LogP contribution in [0.1, 0.15) is 26.3 Å². The van der Waals surface area contributed by atoms with Gasteiger partial charge in [-0.05, 0) is 39.0 Å². The van der Waals surface area contributed by atoms with E-state index < -0.39 is 14.8 Å². The van der Waals surface area contributed by atoms with Crippen LogP contribution in [0.5, 0.6) is 0 Å². The average Bonchev–Trinajstić information content (AvgIpc) is 2.26. The zero-order valence-electron chi connectivity index (χ0n) is 10.4. The predicted octanol–water partition coefficient (Wildman–Crippen LogP) is 2.12. The molecule has 1 aromatic carbocycles. The lowest BCUT2D eigenvalue weighted by molar-refractivity contribution is 0.558. The molecule has 0 atom stereocenters. The largest absolute Gasteiger partial charge is 0.273 e. The third kappa shape index (κ3) is 2.59. The fourth-order valence-corrected chi connectivity index (χ4v) is 2.53. The van der Waals surface area contributed by atoms with Crippen molar-refractivity contribution in [3.05, 3.63) is 29.8 Å². The first-order valence-corrected chi connectivity index (χ1v) is 6.63. The average molecular weight is 252 g/mol. The first-order chi connectivity index (χ1) is 7.70. The molecule has 1 aromatic rings. The van der Waals surface area contributed by atoms with Gasteiger partial charge in [-0.1, -0.05) is 6.07 Å². The van der Waals surface area contributed by atoms with Gasteiger partial charge in [0, 0.05) is 7.05 Å². The molecule has 0 aliphatic carbocycles. The quantitative estimate of drug-likeness (QED) is 0.810. The molecule has 0 aliphatic rings. The Labute approximate surface area is 103 Å². The minimum atomic E-state index is -3.43. The molecule has 4 nitrogen and oxygen atoms in total. The SMILES string of the molecule is CN(c1cccc(C#N)c1)S(=O)(=O)C(C)(C)C. The maximum Gasteiger partial charge on any atom is 0.239 e. The van der Waals surface area contributed by atoms with Gasteiger partial charge in [0.05, 0.1) is 22.1 Å². The van der Waals surface area contributed by atoms with Crippen LogP contribution in [-0.4, -0.2) is 20.2 Å². The molecule has 0 saturated heterocycles. The lowest BCUT2D eigenvalue weighted by Gasteiger charge is -2.28. The second kappa shape index (κ2) is 4.38. The maximum atomic E-state index is 12.2. The van der Waals surface area contributed by atoms with Crippen LogP contribution >= 0.6 is 0 Å². The Morgan fingerprint density at radius 2 is 1.88 bits per heavy atom. The highest BCUT2D eigenvalue weighted by Gasteiger charge is 2.33. The van der Waals surface area contributed by atoms with Crippen LogP contribution < -0.4 is 4.31 Å². The molecular formula is C12H16N2O2S. The number of anilines is 1. The number of hydrogen-bond acceptors (Lipinski definition) is 3. The highest BCUT2D eigenvalue weighted by molar-refractivity contribution is 7.94. The van der Waals surface area contributed by atoms with Crippen molar-refractivity contribution >= 4 is 15.7 Å². The summed E-state index contributed by atoms with van der Waals surface area (Å²) in [5.74, 6) is 0. The van der Waals surface area contributed by atoms with E-state index in [4.69, 9.17) is 5.26 Å².